The van der Waals surface area contributed by atoms with Gasteiger partial charge in [-0.1, -0.05) is 291 Å². The van der Waals surface area contributed by atoms with Crippen molar-refractivity contribution in [2.24, 2.45) is 0 Å². The molecule has 0 bridgehead atoms. The summed E-state index contributed by atoms with van der Waals surface area (Å²) < 4.78 is 0. The SMILES string of the molecule is c1ccc(-c2cc(-c3cccc(-c4cccc(-c5cc(-c6cccc(-c7cccc(-c8cc(-c9ccccc9)nc(-c9ccccc9)n8)c7)c6)cc(-c6cccc(-c7cccc(-c8cc(-c9ccccc9)nc(-c9ccccc9)n8)c7)c6)c5)c4)c3)nc(-c3ccccc3)n2)cc1. The van der Waals surface area contributed by atoms with Gasteiger partial charge in [0.15, 0.2) is 17.5 Å². The van der Waals surface area contributed by atoms with Crippen molar-refractivity contribution >= 4 is 0 Å². The molecule has 3 aromatic heterocycles. The van der Waals surface area contributed by atoms with Crippen molar-refractivity contribution in [3.63, 3.8) is 0 Å². The van der Waals surface area contributed by atoms with Gasteiger partial charge in [0.2, 0.25) is 0 Å². The van der Waals surface area contributed by atoms with E-state index in [1.807, 2.05) is 72.8 Å². The first kappa shape index (κ1) is 58.2. The van der Waals surface area contributed by atoms with Gasteiger partial charge in [-0.2, -0.15) is 0 Å². The molecule has 3 heterocycles. The predicted molar refractivity (Wildman–Crippen MR) is 395 cm³/mol. The maximum Gasteiger partial charge on any atom is 0.160 e. The quantitative estimate of drug-likeness (QED) is 0.102. The molecule has 0 saturated heterocycles. The van der Waals surface area contributed by atoms with Crippen molar-refractivity contribution in [2.45, 2.75) is 0 Å². The van der Waals surface area contributed by atoms with Gasteiger partial charge in [-0.05, 0) is 140 Å². The van der Waals surface area contributed by atoms with Gasteiger partial charge >= 0.3 is 0 Å². The summed E-state index contributed by atoms with van der Waals surface area (Å²) in [6.45, 7) is 0. The van der Waals surface area contributed by atoms with Gasteiger partial charge in [-0.3, -0.25) is 0 Å². The summed E-state index contributed by atoms with van der Waals surface area (Å²) in [6.07, 6.45) is 0. The average Bonchev–Trinajstić information content (AvgIpc) is 0.978. The molecule has 0 aliphatic carbocycles. The molecular weight excluding hydrogens is 1170 g/mol. The molecule has 0 aliphatic rings. The molecule has 0 aliphatic heterocycles. The second-order valence-corrected chi connectivity index (χ2v) is 23.9. The Morgan fingerprint density at radius 3 is 0.469 bits per heavy atom. The van der Waals surface area contributed by atoms with Crippen LogP contribution in [-0.4, -0.2) is 29.9 Å². The summed E-state index contributed by atoms with van der Waals surface area (Å²) in [7, 11) is 0. The Bertz CT molecular complexity index is 4720. The Morgan fingerprint density at radius 2 is 0.250 bits per heavy atom. The maximum absolute atomic E-state index is 5.20. The molecule has 0 spiro atoms. The van der Waals surface area contributed by atoms with E-state index in [2.05, 4.69) is 291 Å². The molecule has 96 heavy (non-hydrogen) atoms. The van der Waals surface area contributed by atoms with Gasteiger partial charge in [0, 0.05) is 50.1 Å². The molecule has 16 rings (SSSR count). The van der Waals surface area contributed by atoms with E-state index in [1.165, 1.54) is 0 Å². The fourth-order valence-electron chi connectivity index (χ4n) is 12.5. The third-order valence-electron chi connectivity index (χ3n) is 17.5. The number of rotatable bonds is 15. The van der Waals surface area contributed by atoms with E-state index in [0.29, 0.717) is 17.5 Å². The number of aromatic nitrogens is 6. The molecule has 450 valence electrons. The third kappa shape index (κ3) is 12.6. The standard InChI is InChI=1S/C90H60N6/c1-7-25-61(26-8-1)82-58-85(94-88(91-82)64-31-13-4-14-32-64)76-46-22-40-70(52-76)67-37-19-43-73(49-67)79-55-80(74-44-20-38-68(50-74)71-41-23-47-77(53-71)86-59-83(62-27-9-2-10-28-62)92-89(95-86)65-33-15-5-16-34-65)57-81(56-79)75-45-21-39-69(51-75)72-42-24-48-78(54-72)87-60-84(63-29-11-3-12-30-63)93-90(96-87)66-35-17-6-18-36-66/h1-60H. The smallest absolute Gasteiger partial charge is 0.160 e. The van der Waals surface area contributed by atoms with Gasteiger partial charge < -0.3 is 0 Å². The van der Waals surface area contributed by atoms with Crippen molar-refractivity contribution in [3.8, 4) is 168 Å². The minimum absolute atomic E-state index is 0.683. The van der Waals surface area contributed by atoms with Gasteiger partial charge in [0.05, 0.1) is 34.2 Å². The van der Waals surface area contributed by atoms with E-state index < -0.39 is 0 Å². The molecule has 0 unspecified atom stereocenters. The molecule has 0 saturated carbocycles. The Labute approximate surface area is 559 Å². The van der Waals surface area contributed by atoms with Gasteiger partial charge in [-0.25, -0.2) is 29.9 Å². The highest BCUT2D eigenvalue weighted by molar-refractivity contribution is 5.87. The zero-order valence-corrected chi connectivity index (χ0v) is 52.3. The van der Waals surface area contributed by atoms with Crippen LogP contribution >= 0.6 is 0 Å². The van der Waals surface area contributed by atoms with Crippen molar-refractivity contribution in [1.29, 1.82) is 0 Å². The molecule has 6 heteroatoms. The van der Waals surface area contributed by atoms with Crippen LogP contribution in [0.5, 0.6) is 0 Å². The summed E-state index contributed by atoms with van der Waals surface area (Å²) in [5, 5.41) is 0. The van der Waals surface area contributed by atoms with E-state index >= 15 is 0 Å². The van der Waals surface area contributed by atoms with Crippen LogP contribution in [0.3, 0.4) is 0 Å². The van der Waals surface area contributed by atoms with Gasteiger partial charge in [0.1, 0.15) is 0 Å². The highest BCUT2D eigenvalue weighted by atomic mass is 14.9. The van der Waals surface area contributed by atoms with E-state index in [4.69, 9.17) is 29.9 Å². The molecule has 0 fully saturated rings. The molecule has 16 aromatic rings. The summed E-state index contributed by atoms with van der Waals surface area (Å²) in [5.74, 6) is 2.05. The average molecular weight is 1230 g/mol. The van der Waals surface area contributed by atoms with Crippen LogP contribution in [0.25, 0.3) is 168 Å². The lowest BCUT2D eigenvalue weighted by molar-refractivity contribution is 1.18. The summed E-state index contributed by atoms with van der Waals surface area (Å²) in [5.41, 5.74) is 27.3. The lowest BCUT2D eigenvalue weighted by atomic mass is 9.90. The number of hydrogen-bond acceptors (Lipinski definition) is 6. The second-order valence-electron chi connectivity index (χ2n) is 23.9. The Hall–Kier alpha value is -12.9. The molecule has 6 nitrogen and oxygen atoms in total. The fourth-order valence-corrected chi connectivity index (χ4v) is 12.5. The minimum atomic E-state index is 0.683. The van der Waals surface area contributed by atoms with Crippen LogP contribution in [-0.2, 0) is 0 Å². The molecule has 13 aromatic carbocycles. The topological polar surface area (TPSA) is 77.3 Å². The molecular formula is C90H60N6. The summed E-state index contributed by atoms with van der Waals surface area (Å²) >= 11 is 0. The molecule has 0 atom stereocenters. The van der Waals surface area contributed by atoms with Crippen LogP contribution in [0.15, 0.2) is 364 Å². The van der Waals surface area contributed by atoms with Crippen LogP contribution in [0.1, 0.15) is 0 Å². The van der Waals surface area contributed by atoms with E-state index in [9.17, 15) is 0 Å². The van der Waals surface area contributed by atoms with Crippen molar-refractivity contribution in [1.82, 2.24) is 29.9 Å². The van der Waals surface area contributed by atoms with Crippen molar-refractivity contribution < 1.29 is 0 Å². The van der Waals surface area contributed by atoms with Crippen LogP contribution in [0.2, 0.25) is 0 Å². The van der Waals surface area contributed by atoms with E-state index in [1.54, 1.807) is 0 Å². The van der Waals surface area contributed by atoms with E-state index in [0.717, 1.165) is 151 Å². The highest BCUT2D eigenvalue weighted by Crippen LogP contribution is 2.40. The van der Waals surface area contributed by atoms with Crippen molar-refractivity contribution in [2.75, 3.05) is 0 Å². The zero-order valence-electron chi connectivity index (χ0n) is 52.3. The fraction of sp³-hybridized carbons (Fsp3) is 0. The Balaban J connectivity index is 0.790. The zero-order chi connectivity index (χ0) is 64.0. The molecule has 0 radical (unpaired) electrons. The van der Waals surface area contributed by atoms with E-state index in [-0.39, 0.29) is 0 Å². The number of benzene rings is 13. The molecule has 0 amide bonds. The maximum atomic E-state index is 5.20. The van der Waals surface area contributed by atoms with Crippen LogP contribution < -0.4 is 0 Å². The summed E-state index contributed by atoms with van der Waals surface area (Å²) in [6, 6.07) is 128. The monoisotopic (exact) mass is 1220 g/mol. The lowest BCUT2D eigenvalue weighted by Crippen LogP contribution is -1.96. The predicted octanol–water partition coefficient (Wildman–Crippen LogP) is 23.1. The van der Waals surface area contributed by atoms with Crippen LogP contribution in [0, 0.1) is 0 Å². The first-order chi connectivity index (χ1) is 47.5. The third-order valence-corrected chi connectivity index (χ3v) is 17.5. The largest absolute Gasteiger partial charge is 0.228 e. The first-order valence-electron chi connectivity index (χ1n) is 32.3. The minimum Gasteiger partial charge on any atom is -0.228 e. The highest BCUT2D eigenvalue weighted by Gasteiger charge is 2.18. The summed E-state index contributed by atoms with van der Waals surface area (Å²) in [4.78, 5) is 30.8. The molecule has 0 N–H and O–H groups in total. The number of nitrogens with zero attached hydrogens (tertiary/aromatic N) is 6. The normalized spacial score (nSPS) is 11.1. The van der Waals surface area contributed by atoms with Gasteiger partial charge in [0.25, 0.3) is 0 Å². The Kier molecular flexibility index (Phi) is 16.0. The van der Waals surface area contributed by atoms with Crippen LogP contribution in [0.4, 0.5) is 0 Å². The lowest BCUT2D eigenvalue weighted by Gasteiger charge is -2.15. The van der Waals surface area contributed by atoms with Gasteiger partial charge in [-0.15, -0.1) is 0 Å². The Morgan fingerprint density at radius 1 is 0.104 bits per heavy atom. The van der Waals surface area contributed by atoms with Crippen molar-refractivity contribution in [3.05, 3.63) is 364 Å². The number of hydrogen-bond donors (Lipinski definition) is 0. The second kappa shape index (κ2) is 26.4. The first-order valence-corrected chi connectivity index (χ1v) is 32.3.